The minimum atomic E-state index is -0.861. The number of rotatable bonds is 8. The average Bonchev–Trinajstić information content (AvgIpc) is 2.79. The molecule has 0 aliphatic carbocycles. The van der Waals surface area contributed by atoms with Crippen LogP contribution in [-0.2, 0) is 22.7 Å². The van der Waals surface area contributed by atoms with Gasteiger partial charge in [0.25, 0.3) is 0 Å². The molecule has 0 aliphatic heterocycles. The van der Waals surface area contributed by atoms with Gasteiger partial charge >= 0.3 is 0 Å². The van der Waals surface area contributed by atoms with Gasteiger partial charge in [0.1, 0.15) is 11.9 Å². The van der Waals surface area contributed by atoms with E-state index >= 15 is 0 Å². The number of carbonyl (C=O) groups excluding carboxylic acids is 2. The Morgan fingerprint density at radius 2 is 1.69 bits per heavy atom. The highest BCUT2D eigenvalue weighted by Crippen LogP contribution is 2.26. The van der Waals surface area contributed by atoms with E-state index in [4.69, 9.17) is 23.2 Å². The van der Waals surface area contributed by atoms with Gasteiger partial charge in [-0.1, -0.05) is 78.7 Å². The fraction of sp³-hybridized carbons (Fsp3) is 0.200. The van der Waals surface area contributed by atoms with Crippen molar-refractivity contribution in [2.45, 2.75) is 32.5 Å². The van der Waals surface area contributed by atoms with Gasteiger partial charge in [0.15, 0.2) is 0 Å². The van der Waals surface area contributed by atoms with Gasteiger partial charge in [0, 0.05) is 29.6 Å². The lowest BCUT2D eigenvalue weighted by molar-refractivity contribution is -0.141. The molecule has 4 nitrogen and oxygen atoms in total. The molecule has 3 rings (SSSR count). The molecule has 166 valence electrons. The summed E-state index contributed by atoms with van der Waals surface area (Å²) in [5.74, 6) is -0.895. The summed E-state index contributed by atoms with van der Waals surface area (Å²) in [5, 5.41) is 3.84. The van der Waals surface area contributed by atoms with Crippen LogP contribution in [0.5, 0.6) is 0 Å². The van der Waals surface area contributed by atoms with Crippen LogP contribution in [0, 0.1) is 5.82 Å². The Labute approximate surface area is 197 Å². The predicted molar refractivity (Wildman–Crippen MR) is 125 cm³/mol. The molecule has 3 aromatic carbocycles. The zero-order valence-corrected chi connectivity index (χ0v) is 19.0. The monoisotopic (exact) mass is 472 g/mol. The van der Waals surface area contributed by atoms with Crippen molar-refractivity contribution in [1.82, 2.24) is 10.2 Å². The molecular weight excluding hydrogens is 450 g/mol. The summed E-state index contributed by atoms with van der Waals surface area (Å²) in [6, 6.07) is 19.2. The van der Waals surface area contributed by atoms with Gasteiger partial charge < -0.3 is 10.2 Å². The third-order valence-corrected chi connectivity index (χ3v) is 5.62. The number of benzene rings is 3. The average molecular weight is 473 g/mol. The molecule has 0 aliphatic rings. The van der Waals surface area contributed by atoms with Crippen LogP contribution in [0.3, 0.4) is 0 Å². The standard InChI is InChI=1S/C25H23Cl2FN2O2/c1-2-23(31)30(16-17-8-12-21(28)13-9-17)24(18-6-4-3-5-7-18)25(32)29-15-19-10-11-20(26)14-22(19)27/h3-14,24H,2,15-16H2,1H3,(H,29,32). The van der Waals surface area contributed by atoms with Crippen molar-refractivity contribution in [1.29, 1.82) is 0 Å². The summed E-state index contributed by atoms with van der Waals surface area (Å²) >= 11 is 12.2. The SMILES string of the molecule is CCC(=O)N(Cc1ccc(F)cc1)C(C(=O)NCc1ccc(Cl)cc1Cl)c1ccccc1. The summed E-state index contributed by atoms with van der Waals surface area (Å²) in [5.41, 5.74) is 2.11. The molecule has 0 aromatic heterocycles. The molecule has 3 aromatic rings. The van der Waals surface area contributed by atoms with Gasteiger partial charge in [-0.2, -0.15) is 0 Å². The lowest BCUT2D eigenvalue weighted by Crippen LogP contribution is -2.43. The van der Waals surface area contributed by atoms with Crippen LogP contribution >= 0.6 is 23.2 Å². The van der Waals surface area contributed by atoms with E-state index in [2.05, 4.69) is 5.32 Å². The first-order valence-electron chi connectivity index (χ1n) is 10.2. The molecule has 1 N–H and O–H groups in total. The molecule has 0 radical (unpaired) electrons. The maximum atomic E-state index is 13.4. The van der Waals surface area contributed by atoms with Crippen LogP contribution in [0.2, 0.25) is 10.0 Å². The molecule has 0 heterocycles. The molecule has 1 unspecified atom stereocenters. The van der Waals surface area contributed by atoms with Crippen LogP contribution < -0.4 is 5.32 Å². The van der Waals surface area contributed by atoms with Crippen LogP contribution in [0.15, 0.2) is 72.8 Å². The first-order valence-corrected chi connectivity index (χ1v) is 10.9. The second-order valence-corrected chi connectivity index (χ2v) is 8.11. The van der Waals surface area contributed by atoms with Crippen molar-refractivity contribution in [3.63, 3.8) is 0 Å². The van der Waals surface area contributed by atoms with Crippen molar-refractivity contribution in [3.8, 4) is 0 Å². The second-order valence-electron chi connectivity index (χ2n) is 7.27. The van der Waals surface area contributed by atoms with Gasteiger partial charge in [0.2, 0.25) is 11.8 Å². The van der Waals surface area contributed by atoms with Crippen LogP contribution in [0.4, 0.5) is 4.39 Å². The van der Waals surface area contributed by atoms with Crippen molar-refractivity contribution in [2.75, 3.05) is 0 Å². The first-order chi connectivity index (χ1) is 15.4. The summed E-state index contributed by atoms with van der Waals surface area (Å²) in [4.78, 5) is 27.8. The van der Waals surface area contributed by atoms with E-state index in [-0.39, 0.29) is 37.1 Å². The Balaban J connectivity index is 1.90. The minimum Gasteiger partial charge on any atom is -0.350 e. The molecule has 7 heteroatoms. The van der Waals surface area contributed by atoms with Gasteiger partial charge in [-0.15, -0.1) is 0 Å². The van der Waals surface area contributed by atoms with E-state index in [1.165, 1.54) is 17.0 Å². The third kappa shape index (κ3) is 6.09. The number of halogens is 3. The Morgan fingerprint density at radius 3 is 2.31 bits per heavy atom. The summed E-state index contributed by atoms with van der Waals surface area (Å²) in [7, 11) is 0. The first kappa shape index (κ1) is 23.8. The van der Waals surface area contributed by atoms with Crippen molar-refractivity contribution >= 4 is 35.0 Å². The van der Waals surface area contributed by atoms with Crippen molar-refractivity contribution < 1.29 is 14.0 Å². The number of carbonyl (C=O) groups is 2. The van der Waals surface area contributed by atoms with Gasteiger partial charge in [0.05, 0.1) is 0 Å². The van der Waals surface area contributed by atoms with E-state index < -0.39 is 6.04 Å². The van der Waals surface area contributed by atoms with Gasteiger partial charge in [-0.05, 0) is 41.0 Å². The number of nitrogens with one attached hydrogen (secondary N) is 1. The normalized spacial score (nSPS) is 11.6. The maximum Gasteiger partial charge on any atom is 0.247 e. The zero-order valence-electron chi connectivity index (χ0n) is 17.5. The third-order valence-electron chi connectivity index (χ3n) is 5.03. The highest BCUT2D eigenvalue weighted by atomic mass is 35.5. The largest absolute Gasteiger partial charge is 0.350 e. The maximum absolute atomic E-state index is 13.4. The number of nitrogens with zero attached hydrogens (tertiary/aromatic N) is 1. The number of hydrogen-bond acceptors (Lipinski definition) is 2. The fourth-order valence-corrected chi connectivity index (χ4v) is 3.84. The Hall–Kier alpha value is -2.89. The van der Waals surface area contributed by atoms with Crippen LogP contribution in [-0.4, -0.2) is 16.7 Å². The molecule has 1 atom stereocenters. The summed E-state index contributed by atoms with van der Waals surface area (Å²) < 4.78 is 13.4. The zero-order chi connectivity index (χ0) is 23.1. The Kier molecular flexibility index (Phi) is 8.26. The van der Waals surface area contributed by atoms with Crippen molar-refractivity contribution in [3.05, 3.63) is 105 Å². The quantitative estimate of drug-likeness (QED) is 0.441. The molecule has 0 bridgehead atoms. The summed E-state index contributed by atoms with van der Waals surface area (Å²) in [6.45, 7) is 2.10. The van der Waals surface area contributed by atoms with E-state index in [1.807, 2.05) is 18.2 Å². The highest BCUT2D eigenvalue weighted by Gasteiger charge is 2.30. The molecular formula is C25H23Cl2FN2O2. The van der Waals surface area contributed by atoms with E-state index in [0.29, 0.717) is 21.2 Å². The lowest BCUT2D eigenvalue weighted by atomic mass is 10.0. The van der Waals surface area contributed by atoms with Crippen LogP contribution in [0.25, 0.3) is 0 Å². The molecule has 32 heavy (non-hydrogen) atoms. The topological polar surface area (TPSA) is 49.4 Å². The Morgan fingerprint density at radius 1 is 1.00 bits per heavy atom. The van der Waals surface area contributed by atoms with E-state index in [0.717, 1.165) is 5.56 Å². The number of amides is 2. The molecule has 0 fully saturated rings. The Bertz CT molecular complexity index is 1080. The smallest absolute Gasteiger partial charge is 0.247 e. The molecule has 2 amide bonds. The van der Waals surface area contributed by atoms with Crippen molar-refractivity contribution in [2.24, 2.45) is 0 Å². The van der Waals surface area contributed by atoms with Gasteiger partial charge in [-0.3, -0.25) is 9.59 Å². The highest BCUT2D eigenvalue weighted by molar-refractivity contribution is 6.35. The minimum absolute atomic E-state index is 0.168. The summed E-state index contributed by atoms with van der Waals surface area (Å²) in [6.07, 6.45) is 0.223. The van der Waals surface area contributed by atoms with Crippen LogP contribution in [0.1, 0.15) is 36.1 Å². The lowest BCUT2D eigenvalue weighted by Gasteiger charge is -2.31. The second kappa shape index (κ2) is 11.1. The van der Waals surface area contributed by atoms with E-state index in [1.54, 1.807) is 49.4 Å². The molecule has 0 saturated carbocycles. The number of hydrogen-bond donors (Lipinski definition) is 1. The predicted octanol–water partition coefficient (Wildman–Crippen LogP) is 5.93. The van der Waals surface area contributed by atoms with Gasteiger partial charge in [-0.25, -0.2) is 4.39 Å². The molecule has 0 saturated heterocycles. The van der Waals surface area contributed by atoms with E-state index in [9.17, 15) is 14.0 Å². The molecule has 0 spiro atoms. The fourth-order valence-electron chi connectivity index (χ4n) is 3.37.